The molecule has 4 aromatic rings. The molecule has 0 aliphatic heterocycles. The normalized spacial score (nSPS) is 10.8. The van der Waals surface area contributed by atoms with E-state index in [0.29, 0.717) is 40.0 Å². The summed E-state index contributed by atoms with van der Waals surface area (Å²) < 4.78 is 1.83. The average Bonchev–Trinajstić information content (AvgIpc) is 3.17. The van der Waals surface area contributed by atoms with Crippen molar-refractivity contribution in [3.8, 4) is 5.69 Å². The molecule has 4 rings (SSSR count). The van der Waals surface area contributed by atoms with Gasteiger partial charge in [-0.3, -0.25) is 14.3 Å². The van der Waals surface area contributed by atoms with Gasteiger partial charge in [-0.2, -0.15) is 0 Å². The van der Waals surface area contributed by atoms with Crippen molar-refractivity contribution in [2.24, 2.45) is 0 Å². The number of benzene rings is 2. The predicted molar refractivity (Wildman–Crippen MR) is 113 cm³/mol. The van der Waals surface area contributed by atoms with Crippen molar-refractivity contribution in [3.63, 3.8) is 0 Å². The van der Waals surface area contributed by atoms with Crippen molar-refractivity contribution < 1.29 is 4.79 Å². The molecule has 144 valence electrons. The number of nitrogens with zero attached hydrogens (tertiary/aromatic N) is 4. The van der Waals surface area contributed by atoms with Crippen molar-refractivity contribution in [2.45, 2.75) is 12.3 Å². The van der Waals surface area contributed by atoms with Crippen LogP contribution in [-0.2, 0) is 12.3 Å². The third-order valence-corrected chi connectivity index (χ3v) is 4.94. The predicted octanol–water partition coefficient (Wildman–Crippen LogP) is 4.88. The molecule has 2 aromatic carbocycles. The average molecular weight is 423 g/mol. The molecule has 2 heterocycles. The van der Waals surface area contributed by atoms with Crippen LogP contribution in [0.2, 0.25) is 5.02 Å². The molecule has 5 nitrogen and oxygen atoms in total. The summed E-state index contributed by atoms with van der Waals surface area (Å²) in [5, 5.41) is 9.00. The minimum Gasteiger partial charge on any atom is -0.287 e. The van der Waals surface area contributed by atoms with Crippen molar-refractivity contribution in [1.82, 2.24) is 19.7 Å². The summed E-state index contributed by atoms with van der Waals surface area (Å²) in [6.45, 7) is 0. The van der Waals surface area contributed by atoms with Gasteiger partial charge < -0.3 is 0 Å². The minimum atomic E-state index is -0.233. The Morgan fingerprint density at radius 3 is 2.41 bits per heavy atom. The highest BCUT2D eigenvalue weighted by Gasteiger charge is 2.21. The molecule has 0 atom stereocenters. The molecular formula is C22H16Cl2N4O. The van der Waals surface area contributed by atoms with Gasteiger partial charge >= 0.3 is 0 Å². The third-order valence-electron chi connectivity index (χ3n) is 4.46. The first-order chi connectivity index (χ1) is 14.2. The molecule has 0 fully saturated rings. The van der Waals surface area contributed by atoms with Crippen LogP contribution < -0.4 is 0 Å². The number of rotatable bonds is 6. The van der Waals surface area contributed by atoms with Crippen LogP contribution in [-0.4, -0.2) is 25.5 Å². The van der Waals surface area contributed by atoms with Crippen molar-refractivity contribution in [2.75, 3.05) is 0 Å². The summed E-state index contributed by atoms with van der Waals surface area (Å²) in [6, 6.07) is 20.3. The second-order valence-electron chi connectivity index (χ2n) is 6.37. The maximum atomic E-state index is 13.2. The second-order valence-corrected chi connectivity index (χ2v) is 7.07. The first-order valence-corrected chi connectivity index (χ1v) is 9.87. The molecule has 0 N–H and O–H groups in total. The van der Waals surface area contributed by atoms with Gasteiger partial charge in [-0.1, -0.05) is 48.0 Å². The maximum Gasteiger partial charge on any atom is 0.213 e. The number of alkyl halides is 1. The molecule has 0 unspecified atom stereocenters. The van der Waals surface area contributed by atoms with Crippen molar-refractivity contribution in [3.05, 3.63) is 106 Å². The van der Waals surface area contributed by atoms with Gasteiger partial charge in [0.15, 0.2) is 5.82 Å². The Labute approximate surface area is 178 Å². The fourth-order valence-electron chi connectivity index (χ4n) is 3.13. The summed E-state index contributed by atoms with van der Waals surface area (Å²) in [5.41, 5.74) is 2.45. The van der Waals surface area contributed by atoms with Gasteiger partial charge in [0, 0.05) is 23.2 Å². The Hall–Kier alpha value is -3.02. The van der Waals surface area contributed by atoms with E-state index in [1.54, 1.807) is 42.6 Å². The highest BCUT2D eigenvalue weighted by molar-refractivity contribution is 6.31. The topological polar surface area (TPSA) is 60.7 Å². The highest BCUT2D eigenvalue weighted by Crippen LogP contribution is 2.26. The van der Waals surface area contributed by atoms with E-state index in [2.05, 4.69) is 15.2 Å². The lowest BCUT2D eigenvalue weighted by molar-refractivity contribution is 0.103. The zero-order valence-corrected chi connectivity index (χ0v) is 16.8. The van der Waals surface area contributed by atoms with Crippen molar-refractivity contribution >= 4 is 29.0 Å². The number of carbonyl (C=O) groups excluding carboxylic acids is 1. The molecule has 0 amide bonds. The molecule has 29 heavy (non-hydrogen) atoms. The number of ketones is 1. The van der Waals surface area contributed by atoms with E-state index in [0.717, 1.165) is 5.56 Å². The van der Waals surface area contributed by atoms with E-state index in [1.807, 2.05) is 34.9 Å². The van der Waals surface area contributed by atoms with E-state index in [1.165, 1.54) is 0 Å². The molecular weight excluding hydrogens is 407 g/mol. The number of pyridine rings is 1. The standard InChI is InChI=1S/C22H16Cl2N4O/c23-14-21-27-26-20(12-15-6-2-1-3-7-15)28(21)19-10-9-16(24)13-17(19)22(29)18-8-4-5-11-25-18/h1-11,13H,12,14H2. The number of carbonyl (C=O) groups is 1. The van der Waals surface area contributed by atoms with Crippen LogP contribution in [0.15, 0.2) is 72.9 Å². The quantitative estimate of drug-likeness (QED) is 0.328. The smallest absolute Gasteiger partial charge is 0.213 e. The molecule has 2 aromatic heterocycles. The molecule has 0 aliphatic rings. The lowest BCUT2D eigenvalue weighted by Crippen LogP contribution is -2.13. The van der Waals surface area contributed by atoms with Gasteiger partial charge in [0.1, 0.15) is 11.5 Å². The van der Waals surface area contributed by atoms with E-state index in [-0.39, 0.29) is 11.7 Å². The Morgan fingerprint density at radius 1 is 0.931 bits per heavy atom. The molecule has 0 saturated carbocycles. The van der Waals surface area contributed by atoms with Crippen LogP contribution in [0, 0.1) is 0 Å². The van der Waals surface area contributed by atoms with E-state index in [9.17, 15) is 4.79 Å². The summed E-state index contributed by atoms with van der Waals surface area (Å²) in [7, 11) is 0. The van der Waals surface area contributed by atoms with Gasteiger partial charge in [-0.15, -0.1) is 21.8 Å². The molecule has 7 heteroatoms. The Morgan fingerprint density at radius 2 is 1.69 bits per heavy atom. The van der Waals surface area contributed by atoms with Crippen molar-refractivity contribution in [1.29, 1.82) is 0 Å². The molecule has 0 bridgehead atoms. The number of hydrogen-bond donors (Lipinski definition) is 0. The first-order valence-electron chi connectivity index (χ1n) is 8.96. The summed E-state index contributed by atoms with van der Waals surface area (Å²) in [5.74, 6) is 1.16. The zero-order valence-electron chi connectivity index (χ0n) is 15.3. The van der Waals surface area contributed by atoms with Gasteiger partial charge in [0.25, 0.3) is 0 Å². The minimum absolute atomic E-state index is 0.154. The van der Waals surface area contributed by atoms with E-state index in [4.69, 9.17) is 23.2 Å². The fourth-order valence-corrected chi connectivity index (χ4v) is 3.48. The van der Waals surface area contributed by atoms with Gasteiger partial charge in [-0.25, -0.2) is 0 Å². The Balaban J connectivity index is 1.85. The van der Waals surface area contributed by atoms with Crippen LogP contribution in [0.3, 0.4) is 0 Å². The Bertz CT molecular complexity index is 1140. The monoisotopic (exact) mass is 422 g/mol. The first kappa shape index (κ1) is 19.3. The van der Waals surface area contributed by atoms with Crippen LogP contribution in [0.4, 0.5) is 0 Å². The fraction of sp³-hybridized carbons (Fsp3) is 0.0909. The lowest BCUT2D eigenvalue weighted by atomic mass is 10.0. The van der Waals surface area contributed by atoms with E-state index < -0.39 is 0 Å². The molecule has 0 aliphatic carbocycles. The maximum absolute atomic E-state index is 13.2. The number of hydrogen-bond acceptors (Lipinski definition) is 4. The van der Waals surface area contributed by atoms with E-state index >= 15 is 0 Å². The lowest BCUT2D eigenvalue weighted by Gasteiger charge is -2.14. The highest BCUT2D eigenvalue weighted by atomic mass is 35.5. The Kier molecular flexibility index (Phi) is 5.69. The van der Waals surface area contributed by atoms with Gasteiger partial charge in [0.2, 0.25) is 5.78 Å². The van der Waals surface area contributed by atoms with Crippen LogP contribution >= 0.6 is 23.2 Å². The molecule has 0 spiro atoms. The molecule has 0 radical (unpaired) electrons. The largest absolute Gasteiger partial charge is 0.287 e. The van der Waals surface area contributed by atoms with Crippen LogP contribution in [0.25, 0.3) is 5.69 Å². The number of aromatic nitrogens is 4. The van der Waals surface area contributed by atoms with Gasteiger partial charge in [0.05, 0.1) is 11.6 Å². The van der Waals surface area contributed by atoms with Crippen LogP contribution in [0.1, 0.15) is 33.3 Å². The van der Waals surface area contributed by atoms with Crippen LogP contribution in [0.5, 0.6) is 0 Å². The summed E-state index contributed by atoms with van der Waals surface area (Å²) in [4.78, 5) is 17.4. The van der Waals surface area contributed by atoms with Gasteiger partial charge in [-0.05, 0) is 35.9 Å². The summed E-state index contributed by atoms with van der Waals surface area (Å²) in [6.07, 6.45) is 2.13. The zero-order chi connectivity index (χ0) is 20.2. The molecule has 0 saturated heterocycles. The third kappa shape index (κ3) is 4.06. The summed E-state index contributed by atoms with van der Waals surface area (Å²) >= 11 is 12.3. The second kappa shape index (κ2) is 8.55. The SMILES string of the molecule is O=C(c1ccccn1)c1cc(Cl)ccc1-n1c(CCl)nnc1Cc1ccccc1. The number of halogens is 2.